The maximum absolute atomic E-state index is 12.3. The smallest absolute Gasteiger partial charge is 0.466 e. The van der Waals surface area contributed by atoms with Crippen LogP contribution in [0.4, 0.5) is 4.79 Å². The Morgan fingerprint density at radius 3 is 2.64 bits per heavy atom. The Balaban J connectivity index is 2.15. The van der Waals surface area contributed by atoms with Gasteiger partial charge in [0.15, 0.2) is 5.60 Å². The monoisotopic (exact) mass is 308 g/mol. The highest BCUT2D eigenvalue weighted by atomic mass is 16.8. The minimum absolute atomic E-state index is 0.0931. The first-order valence-corrected chi connectivity index (χ1v) is 7.91. The van der Waals surface area contributed by atoms with Crippen LogP contribution in [0.15, 0.2) is 11.6 Å². The SMILES string of the molecule is COC(=O)C1=CC[C@H]2C(C)(C)CCC[C@]2(C)[C@@]12COC(=O)O2. The lowest BCUT2D eigenvalue weighted by atomic mass is 9.47. The predicted octanol–water partition coefficient (Wildman–Crippen LogP) is 3.23. The summed E-state index contributed by atoms with van der Waals surface area (Å²) in [6, 6.07) is 0. The molecule has 2 aliphatic carbocycles. The standard InChI is InChI=1S/C17H24O5/c1-15(2)8-5-9-16(3)12(15)7-6-11(13(18)20-4)17(16)10-21-14(19)22-17/h6,12H,5,7-10H2,1-4H3/t12-,16-,17+/m0/s1. The summed E-state index contributed by atoms with van der Waals surface area (Å²) in [4.78, 5) is 24.0. The predicted molar refractivity (Wildman–Crippen MR) is 79.1 cm³/mol. The van der Waals surface area contributed by atoms with E-state index < -0.39 is 17.7 Å². The zero-order valence-electron chi connectivity index (χ0n) is 13.7. The fourth-order valence-corrected chi connectivity index (χ4v) is 5.03. The number of fused-ring (bicyclic) bond motifs is 2. The summed E-state index contributed by atoms with van der Waals surface area (Å²) in [5, 5.41) is 0. The highest BCUT2D eigenvalue weighted by Gasteiger charge is 2.67. The van der Waals surface area contributed by atoms with Crippen molar-refractivity contribution in [3.63, 3.8) is 0 Å². The maximum atomic E-state index is 12.3. The van der Waals surface area contributed by atoms with Crippen molar-refractivity contribution in [2.24, 2.45) is 16.7 Å². The molecule has 0 N–H and O–H groups in total. The molecule has 1 heterocycles. The van der Waals surface area contributed by atoms with Crippen molar-refractivity contribution >= 4 is 12.1 Å². The van der Waals surface area contributed by atoms with Gasteiger partial charge in [0.25, 0.3) is 0 Å². The van der Waals surface area contributed by atoms with Crippen molar-refractivity contribution in [3.8, 4) is 0 Å². The van der Waals surface area contributed by atoms with Gasteiger partial charge in [-0.1, -0.05) is 33.3 Å². The number of hydrogen-bond donors (Lipinski definition) is 0. The topological polar surface area (TPSA) is 61.8 Å². The van der Waals surface area contributed by atoms with Crippen molar-refractivity contribution in [2.45, 2.75) is 52.1 Å². The number of cyclic esters (lactones) is 1. The fraction of sp³-hybridized carbons (Fsp3) is 0.765. The van der Waals surface area contributed by atoms with Gasteiger partial charge in [-0.3, -0.25) is 0 Å². The maximum Gasteiger partial charge on any atom is 0.509 e. The van der Waals surface area contributed by atoms with Gasteiger partial charge in [0.1, 0.15) is 6.61 Å². The van der Waals surface area contributed by atoms with Crippen LogP contribution in [0.1, 0.15) is 46.5 Å². The summed E-state index contributed by atoms with van der Waals surface area (Å²) in [5.74, 6) is -0.0991. The van der Waals surface area contributed by atoms with Crippen molar-refractivity contribution in [2.75, 3.05) is 13.7 Å². The number of esters is 1. The zero-order chi connectivity index (χ0) is 16.2. The summed E-state index contributed by atoms with van der Waals surface area (Å²) in [6.07, 6.45) is 5.10. The van der Waals surface area contributed by atoms with Gasteiger partial charge in [0.2, 0.25) is 0 Å². The Morgan fingerprint density at radius 1 is 1.32 bits per heavy atom. The van der Waals surface area contributed by atoms with Crippen LogP contribution in [-0.2, 0) is 19.0 Å². The normalized spacial score (nSPS) is 39.5. The van der Waals surface area contributed by atoms with Crippen LogP contribution in [0.2, 0.25) is 0 Å². The third-order valence-electron chi connectivity index (χ3n) is 6.20. The molecular weight excluding hydrogens is 284 g/mol. The lowest BCUT2D eigenvalue weighted by Crippen LogP contribution is -2.61. The van der Waals surface area contributed by atoms with Gasteiger partial charge in [-0.2, -0.15) is 0 Å². The largest absolute Gasteiger partial charge is 0.509 e. The second-order valence-corrected chi connectivity index (χ2v) is 7.63. The minimum atomic E-state index is -1.02. The molecule has 5 heteroatoms. The van der Waals surface area contributed by atoms with Gasteiger partial charge in [-0.15, -0.1) is 0 Å². The third kappa shape index (κ3) is 1.83. The number of rotatable bonds is 1. The minimum Gasteiger partial charge on any atom is -0.466 e. The van der Waals surface area contributed by atoms with E-state index in [1.165, 1.54) is 7.11 Å². The second-order valence-electron chi connectivity index (χ2n) is 7.63. The first kappa shape index (κ1) is 15.4. The first-order chi connectivity index (χ1) is 10.3. The fourth-order valence-electron chi connectivity index (χ4n) is 5.03. The molecule has 0 radical (unpaired) electrons. The van der Waals surface area contributed by atoms with Crippen molar-refractivity contribution < 1.29 is 23.8 Å². The molecule has 2 fully saturated rings. The molecule has 1 saturated carbocycles. The van der Waals surface area contributed by atoms with Gasteiger partial charge in [0, 0.05) is 5.41 Å². The van der Waals surface area contributed by atoms with E-state index in [1.807, 2.05) is 6.08 Å². The van der Waals surface area contributed by atoms with Gasteiger partial charge >= 0.3 is 12.1 Å². The summed E-state index contributed by atoms with van der Waals surface area (Å²) in [5.41, 5.74) is -0.762. The molecule has 0 amide bonds. The molecule has 0 bridgehead atoms. The lowest BCUT2D eigenvalue weighted by Gasteiger charge is -2.58. The number of methoxy groups -OCH3 is 1. The Bertz CT molecular complexity index is 549. The first-order valence-electron chi connectivity index (χ1n) is 7.91. The van der Waals surface area contributed by atoms with E-state index in [0.717, 1.165) is 25.7 Å². The molecule has 1 saturated heterocycles. The summed E-state index contributed by atoms with van der Waals surface area (Å²) < 4.78 is 15.7. The van der Waals surface area contributed by atoms with E-state index in [2.05, 4.69) is 20.8 Å². The number of hydrogen-bond acceptors (Lipinski definition) is 5. The Hall–Kier alpha value is -1.52. The molecular formula is C17H24O5. The zero-order valence-corrected chi connectivity index (χ0v) is 13.7. The van der Waals surface area contributed by atoms with Crippen LogP contribution >= 0.6 is 0 Å². The number of allylic oxidation sites excluding steroid dienone is 1. The number of carbonyl (C=O) groups excluding carboxylic acids is 2. The van der Waals surface area contributed by atoms with Crippen molar-refractivity contribution in [1.82, 2.24) is 0 Å². The average Bonchev–Trinajstić information content (AvgIpc) is 2.83. The molecule has 22 heavy (non-hydrogen) atoms. The van der Waals surface area contributed by atoms with E-state index in [4.69, 9.17) is 14.2 Å². The highest BCUT2D eigenvalue weighted by Crippen LogP contribution is 2.63. The molecule has 3 rings (SSSR count). The van der Waals surface area contributed by atoms with Gasteiger partial charge < -0.3 is 14.2 Å². The number of ether oxygens (including phenoxy) is 3. The van der Waals surface area contributed by atoms with Crippen molar-refractivity contribution in [3.05, 3.63) is 11.6 Å². The molecule has 3 atom stereocenters. The quantitative estimate of drug-likeness (QED) is 0.696. The summed E-state index contributed by atoms with van der Waals surface area (Å²) >= 11 is 0. The van der Waals surface area contributed by atoms with Gasteiger partial charge in [-0.25, -0.2) is 9.59 Å². The van der Waals surface area contributed by atoms with E-state index in [-0.39, 0.29) is 17.4 Å². The molecule has 1 aliphatic heterocycles. The number of carbonyl (C=O) groups is 2. The Kier molecular flexibility index (Phi) is 3.31. The molecule has 0 aromatic rings. The van der Waals surface area contributed by atoms with Crippen molar-refractivity contribution in [1.29, 1.82) is 0 Å². The van der Waals surface area contributed by atoms with Crippen LogP contribution in [0, 0.1) is 16.7 Å². The van der Waals surface area contributed by atoms with Crippen LogP contribution in [0.25, 0.3) is 0 Å². The molecule has 3 aliphatic rings. The molecule has 5 nitrogen and oxygen atoms in total. The van der Waals surface area contributed by atoms with E-state index in [1.54, 1.807) is 0 Å². The van der Waals surface area contributed by atoms with E-state index >= 15 is 0 Å². The van der Waals surface area contributed by atoms with Crippen LogP contribution in [-0.4, -0.2) is 31.4 Å². The summed E-state index contributed by atoms with van der Waals surface area (Å²) in [6.45, 7) is 6.75. The molecule has 0 aromatic heterocycles. The Morgan fingerprint density at radius 2 is 2.05 bits per heavy atom. The van der Waals surface area contributed by atoms with Crippen LogP contribution in [0.5, 0.6) is 0 Å². The second kappa shape index (κ2) is 4.74. The van der Waals surface area contributed by atoms with Crippen LogP contribution < -0.4 is 0 Å². The molecule has 122 valence electrons. The third-order valence-corrected chi connectivity index (χ3v) is 6.20. The van der Waals surface area contributed by atoms with Crippen LogP contribution in [0.3, 0.4) is 0 Å². The molecule has 1 spiro atoms. The molecule has 0 unspecified atom stereocenters. The highest BCUT2D eigenvalue weighted by molar-refractivity contribution is 5.92. The Labute approximate surface area is 131 Å². The average molecular weight is 308 g/mol. The lowest BCUT2D eigenvalue weighted by molar-refractivity contribution is -0.152. The molecule has 0 aromatic carbocycles. The van der Waals surface area contributed by atoms with E-state index in [0.29, 0.717) is 11.5 Å². The van der Waals surface area contributed by atoms with Gasteiger partial charge in [-0.05, 0) is 30.6 Å². The van der Waals surface area contributed by atoms with E-state index in [9.17, 15) is 9.59 Å². The summed E-state index contributed by atoms with van der Waals surface area (Å²) in [7, 11) is 1.35. The van der Waals surface area contributed by atoms with Gasteiger partial charge in [0.05, 0.1) is 12.7 Å².